The highest BCUT2D eigenvalue weighted by atomic mass is 16.5. The number of carbonyl (C=O) groups excluding carboxylic acids is 1. The van der Waals surface area contributed by atoms with Gasteiger partial charge < -0.3 is 20.5 Å². The van der Waals surface area contributed by atoms with Crippen LogP contribution in [0.5, 0.6) is 0 Å². The number of hydrogen-bond acceptors (Lipinski definition) is 3. The molecule has 2 saturated carbocycles. The van der Waals surface area contributed by atoms with Crippen molar-refractivity contribution in [3.63, 3.8) is 0 Å². The Labute approximate surface area is 121 Å². The highest BCUT2D eigenvalue weighted by Gasteiger charge is 2.23. The van der Waals surface area contributed by atoms with E-state index in [9.17, 15) is 9.90 Å². The predicted molar refractivity (Wildman–Crippen MR) is 77.5 cm³/mol. The zero-order valence-electron chi connectivity index (χ0n) is 12.4. The van der Waals surface area contributed by atoms with Gasteiger partial charge in [-0.2, -0.15) is 0 Å². The molecule has 0 aromatic rings. The van der Waals surface area contributed by atoms with Gasteiger partial charge in [0.25, 0.3) is 0 Å². The van der Waals surface area contributed by atoms with Crippen LogP contribution in [0.4, 0.5) is 4.79 Å². The Morgan fingerprint density at radius 1 is 1.30 bits per heavy atom. The van der Waals surface area contributed by atoms with Crippen molar-refractivity contribution >= 4 is 6.03 Å². The van der Waals surface area contributed by atoms with Crippen molar-refractivity contribution in [1.82, 2.24) is 10.6 Å². The minimum absolute atomic E-state index is 0.176. The molecule has 5 nitrogen and oxygen atoms in total. The van der Waals surface area contributed by atoms with Crippen LogP contribution in [0.15, 0.2) is 0 Å². The minimum Gasteiger partial charge on any atom is -0.389 e. The summed E-state index contributed by atoms with van der Waals surface area (Å²) < 4.78 is 5.40. The lowest BCUT2D eigenvalue weighted by Crippen LogP contribution is -2.48. The van der Waals surface area contributed by atoms with Gasteiger partial charge >= 0.3 is 6.03 Å². The Hall–Kier alpha value is -0.810. The number of ether oxygens (including phenoxy) is 1. The Morgan fingerprint density at radius 2 is 2.05 bits per heavy atom. The van der Waals surface area contributed by atoms with Gasteiger partial charge in [0.1, 0.15) is 0 Å². The second kappa shape index (κ2) is 7.84. The molecule has 2 amide bonds. The van der Waals surface area contributed by atoms with Gasteiger partial charge in [-0.25, -0.2) is 4.79 Å². The number of carbonyl (C=O) groups is 1. The molecule has 0 spiro atoms. The summed E-state index contributed by atoms with van der Waals surface area (Å²) in [6, 6.07) is 0.0944. The third-order valence-electron chi connectivity index (χ3n) is 4.29. The van der Waals surface area contributed by atoms with Crippen molar-refractivity contribution in [2.24, 2.45) is 11.8 Å². The number of hydrogen-bond donors (Lipinski definition) is 3. The highest BCUT2D eigenvalue weighted by Crippen LogP contribution is 2.28. The predicted octanol–water partition coefficient (Wildman–Crippen LogP) is 1.65. The number of rotatable bonds is 7. The molecule has 0 aliphatic heterocycles. The molecule has 2 aliphatic carbocycles. The maximum absolute atomic E-state index is 11.8. The first-order chi connectivity index (χ1) is 9.65. The Balaban J connectivity index is 1.53. The lowest BCUT2D eigenvalue weighted by Gasteiger charge is -2.29. The van der Waals surface area contributed by atoms with Crippen LogP contribution in [-0.2, 0) is 4.74 Å². The van der Waals surface area contributed by atoms with Crippen LogP contribution < -0.4 is 10.6 Å². The second-order valence-corrected chi connectivity index (χ2v) is 6.36. The van der Waals surface area contributed by atoms with E-state index in [1.54, 1.807) is 0 Å². The topological polar surface area (TPSA) is 70.6 Å². The maximum atomic E-state index is 11.8. The zero-order valence-corrected chi connectivity index (χ0v) is 12.4. The van der Waals surface area contributed by atoms with Gasteiger partial charge in [-0.3, -0.25) is 0 Å². The Bertz CT molecular complexity index is 307. The molecule has 0 aromatic carbocycles. The summed E-state index contributed by atoms with van der Waals surface area (Å²) in [6.45, 7) is 3.47. The van der Waals surface area contributed by atoms with Crippen LogP contribution >= 0.6 is 0 Å². The largest absolute Gasteiger partial charge is 0.389 e. The van der Waals surface area contributed by atoms with E-state index in [1.165, 1.54) is 32.1 Å². The average Bonchev–Trinajstić information content (AvgIpc) is 3.23. The first-order valence-corrected chi connectivity index (χ1v) is 7.95. The fourth-order valence-electron chi connectivity index (χ4n) is 2.67. The molecule has 3 unspecified atom stereocenters. The molecule has 20 heavy (non-hydrogen) atoms. The molecule has 0 aromatic heterocycles. The van der Waals surface area contributed by atoms with Crippen molar-refractivity contribution in [2.45, 2.75) is 57.6 Å². The Morgan fingerprint density at radius 3 is 2.75 bits per heavy atom. The summed E-state index contributed by atoms with van der Waals surface area (Å²) in [6.07, 6.45) is 6.56. The normalized spacial score (nSPS) is 27.9. The van der Waals surface area contributed by atoms with E-state index in [0.717, 1.165) is 13.0 Å². The summed E-state index contributed by atoms with van der Waals surface area (Å²) in [5, 5.41) is 15.5. The van der Waals surface area contributed by atoms with E-state index in [4.69, 9.17) is 4.74 Å². The molecule has 0 saturated heterocycles. The van der Waals surface area contributed by atoms with Crippen molar-refractivity contribution in [2.75, 3.05) is 19.8 Å². The number of aliphatic hydroxyl groups excluding tert-OH is 1. The fraction of sp³-hybridized carbons (Fsp3) is 0.933. The quantitative estimate of drug-likeness (QED) is 0.666. The molecule has 0 heterocycles. The molecule has 2 rings (SSSR count). The number of aliphatic hydroxyl groups is 1. The molecule has 116 valence electrons. The molecular formula is C15H28N2O3. The van der Waals surface area contributed by atoms with Crippen LogP contribution in [0.3, 0.4) is 0 Å². The molecule has 5 heteroatoms. The summed E-state index contributed by atoms with van der Waals surface area (Å²) in [4.78, 5) is 11.8. The summed E-state index contributed by atoms with van der Waals surface area (Å²) in [5.41, 5.74) is 0. The van der Waals surface area contributed by atoms with Crippen LogP contribution in [0.25, 0.3) is 0 Å². The monoisotopic (exact) mass is 284 g/mol. The average molecular weight is 284 g/mol. The lowest BCUT2D eigenvalue weighted by molar-refractivity contribution is 0.0336. The van der Waals surface area contributed by atoms with Gasteiger partial charge in [-0.1, -0.05) is 19.8 Å². The van der Waals surface area contributed by atoms with Gasteiger partial charge in [-0.05, 0) is 37.5 Å². The summed E-state index contributed by atoms with van der Waals surface area (Å²) >= 11 is 0. The van der Waals surface area contributed by atoms with Crippen LogP contribution in [0, 0.1) is 11.8 Å². The van der Waals surface area contributed by atoms with Crippen LogP contribution in [-0.4, -0.2) is 43.0 Å². The molecule has 3 atom stereocenters. The van der Waals surface area contributed by atoms with Crippen molar-refractivity contribution in [1.29, 1.82) is 0 Å². The number of nitrogens with one attached hydrogen (secondary N) is 2. The molecule has 3 N–H and O–H groups in total. The highest BCUT2D eigenvalue weighted by molar-refractivity contribution is 5.74. The summed E-state index contributed by atoms with van der Waals surface area (Å²) in [5.74, 6) is 1.24. The van der Waals surface area contributed by atoms with Crippen molar-refractivity contribution < 1.29 is 14.6 Å². The molecule has 0 bridgehead atoms. The standard InChI is InChI=1S/C15H28N2O3/c1-11-4-2-3-5-14(11)17-15(19)16-8-13(18)10-20-9-12-6-7-12/h11-14,18H,2-10H2,1H3,(H2,16,17,19). The van der Waals surface area contributed by atoms with Gasteiger partial charge in [0.15, 0.2) is 0 Å². The van der Waals surface area contributed by atoms with E-state index in [-0.39, 0.29) is 18.6 Å². The fourth-order valence-corrected chi connectivity index (χ4v) is 2.67. The van der Waals surface area contributed by atoms with E-state index in [0.29, 0.717) is 18.4 Å². The van der Waals surface area contributed by atoms with Gasteiger partial charge in [0.05, 0.1) is 12.7 Å². The second-order valence-electron chi connectivity index (χ2n) is 6.36. The SMILES string of the molecule is CC1CCCCC1NC(=O)NCC(O)COCC1CC1. The maximum Gasteiger partial charge on any atom is 0.315 e. The van der Waals surface area contributed by atoms with E-state index >= 15 is 0 Å². The van der Waals surface area contributed by atoms with Crippen molar-refractivity contribution in [3.05, 3.63) is 0 Å². The van der Waals surface area contributed by atoms with E-state index in [2.05, 4.69) is 17.6 Å². The first-order valence-electron chi connectivity index (χ1n) is 7.95. The van der Waals surface area contributed by atoms with Crippen LogP contribution in [0.2, 0.25) is 0 Å². The number of amides is 2. The van der Waals surface area contributed by atoms with Gasteiger partial charge in [0.2, 0.25) is 0 Å². The Kier molecular flexibility index (Phi) is 6.10. The van der Waals surface area contributed by atoms with E-state index < -0.39 is 6.10 Å². The van der Waals surface area contributed by atoms with Crippen molar-refractivity contribution in [3.8, 4) is 0 Å². The molecule has 0 radical (unpaired) electrons. The number of urea groups is 1. The third kappa shape index (κ3) is 5.67. The minimum atomic E-state index is -0.622. The van der Waals surface area contributed by atoms with Crippen LogP contribution in [0.1, 0.15) is 45.4 Å². The lowest BCUT2D eigenvalue weighted by atomic mass is 9.86. The van der Waals surface area contributed by atoms with E-state index in [1.807, 2.05) is 0 Å². The molecular weight excluding hydrogens is 256 g/mol. The third-order valence-corrected chi connectivity index (χ3v) is 4.29. The van der Waals surface area contributed by atoms with Gasteiger partial charge in [-0.15, -0.1) is 0 Å². The summed E-state index contributed by atoms with van der Waals surface area (Å²) in [7, 11) is 0. The smallest absolute Gasteiger partial charge is 0.315 e. The van der Waals surface area contributed by atoms with Gasteiger partial charge in [0, 0.05) is 19.2 Å². The first kappa shape index (κ1) is 15.6. The molecule has 2 fully saturated rings. The zero-order chi connectivity index (χ0) is 14.4. The molecule has 2 aliphatic rings.